The molecule has 0 radical (unpaired) electrons. The third-order valence-corrected chi connectivity index (χ3v) is 5.70. The van der Waals surface area contributed by atoms with Crippen molar-refractivity contribution in [2.75, 3.05) is 24.9 Å². The second-order valence-corrected chi connectivity index (χ2v) is 10.6. The van der Waals surface area contributed by atoms with Crippen molar-refractivity contribution in [3.63, 3.8) is 0 Å². The lowest BCUT2D eigenvalue weighted by Gasteiger charge is -2.22. The Kier molecular flexibility index (Phi) is 7.73. The van der Waals surface area contributed by atoms with Crippen molar-refractivity contribution in [3.05, 3.63) is 64.2 Å². The Morgan fingerprint density at radius 2 is 1.72 bits per heavy atom. The SMILES string of the molecule is Cc1cc(OCP(C)(=O)O)cc(C)c1C.Cc1ccc2c(c1)C(C(C)C)=CCN2. The maximum Gasteiger partial charge on any atom is 0.233 e. The number of hydrogen-bond donors (Lipinski definition) is 2. The maximum absolute atomic E-state index is 11.1. The summed E-state index contributed by atoms with van der Waals surface area (Å²) in [7, 11) is -3.10. The largest absolute Gasteiger partial charge is 0.484 e. The van der Waals surface area contributed by atoms with Crippen molar-refractivity contribution in [1.82, 2.24) is 0 Å². The van der Waals surface area contributed by atoms with Gasteiger partial charge in [-0.2, -0.15) is 0 Å². The van der Waals surface area contributed by atoms with Crippen LogP contribution in [0.1, 0.15) is 41.7 Å². The van der Waals surface area contributed by atoms with Gasteiger partial charge in [0.1, 0.15) is 5.75 Å². The Bertz CT molecular complexity index is 918. The molecule has 2 aromatic carbocycles. The molecule has 4 nitrogen and oxygen atoms in total. The number of hydrogen-bond acceptors (Lipinski definition) is 3. The number of anilines is 1. The average molecular weight is 416 g/mol. The quantitative estimate of drug-likeness (QED) is 0.575. The molecule has 2 N–H and O–H groups in total. The van der Waals surface area contributed by atoms with Crippen LogP contribution in [0.4, 0.5) is 5.69 Å². The van der Waals surface area contributed by atoms with E-state index in [2.05, 4.69) is 50.4 Å². The Labute approximate surface area is 175 Å². The second kappa shape index (κ2) is 9.65. The molecule has 0 saturated carbocycles. The highest BCUT2D eigenvalue weighted by atomic mass is 31.2. The first kappa shape index (κ1) is 23.3. The Hall–Kier alpha value is -2.03. The number of fused-ring (bicyclic) bond motifs is 1. The zero-order valence-electron chi connectivity index (χ0n) is 18.7. The van der Waals surface area contributed by atoms with Crippen molar-refractivity contribution in [2.45, 2.75) is 41.5 Å². The lowest BCUT2D eigenvalue weighted by Crippen LogP contribution is -2.10. The van der Waals surface area contributed by atoms with Crippen LogP contribution < -0.4 is 10.1 Å². The normalized spacial score (nSPS) is 14.7. The van der Waals surface area contributed by atoms with E-state index in [1.165, 1.54) is 34.6 Å². The van der Waals surface area contributed by atoms with Crippen LogP contribution in [0, 0.1) is 33.6 Å². The van der Waals surface area contributed by atoms with E-state index >= 15 is 0 Å². The molecule has 1 aliphatic rings. The van der Waals surface area contributed by atoms with E-state index in [-0.39, 0.29) is 6.35 Å². The molecule has 0 aliphatic carbocycles. The van der Waals surface area contributed by atoms with Gasteiger partial charge < -0.3 is 14.9 Å². The fourth-order valence-electron chi connectivity index (χ4n) is 3.25. The number of benzene rings is 2. The lowest BCUT2D eigenvalue weighted by molar-refractivity contribution is 0.352. The van der Waals surface area contributed by atoms with Crippen LogP contribution in [-0.2, 0) is 4.57 Å². The summed E-state index contributed by atoms with van der Waals surface area (Å²) in [5.74, 6) is 1.27. The summed E-state index contributed by atoms with van der Waals surface area (Å²) in [6.45, 7) is 15.0. The molecule has 0 fully saturated rings. The molecule has 0 saturated heterocycles. The van der Waals surface area contributed by atoms with Gasteiger partial charge in [-0.3, -0.25) is 4.57 Å². The first-order chi connectivity index (χ1) is 13.5. The minimum Gasteiger partial charge on any atom is -0.484 e. The molecule has 1 atom stereocenters. The van der Waals surface area contributed by atoms with Crippen LogP contribution in [0.2, 0.25) is 0 Å². The van der Waals surface area contributed by atoms with Crippen molar-refractivity contribution in [2.24, 2.45) is 5.92 Å². The van der Waals surface area contributed by atoms with Crippen LogP contribution in [-0.4, -0.2) is 24.5 Å². The summed E-state index contributed by atoms with van der Waals surface area (Å²) < 4.78 is 16.3. The molecule has 0 spiro atoms. The van der Waals surface area contributed by atoms with Gasteiger partial charge >= 0.3 is 0 Å². The fourth-order valence-corrected chi connectivity index (χ4v) is 3.64. The summed E-state index contributed by atoms with van der Waals surface area (Å²) in [4.78, 5) is 9.10. The van der Waals surface area contributed by atoms with Crippen molar-refractivity contribution >= 4 is 18.6 Å². The molecule has 2 aromatic rings. The molecule has 29 heavy (non-hydrogen) atoms. The number of allylic oxidation sites excluding steroid dienone is 1. The van der Waals surface area contributed by atoms with Crippen LogP contribution in [0.5, 0.6) is 5.75 Å². The third kappa shape index (κ3) is 6.76. The lowest BCUT2D eigenvalue weighted by atomic mass is 9.90. The Morgan fingerprint density at radius 3 is 2.28 bits per heavy atom. The standard InChI is InChI=1S/C13H17N.C11H17O3P/c1-9(2)11-6-7-14-13-5-4-10(3)8-12(11)13;1-8-5-11(6-9(2)10(8)3)14-7-15(4,12)13/h4-6,8-9,14H,7H2,1-3H3;5-6H,7H2,1-4H3,(H,12,13). The first-order valence-electron chi connectivity index (χ1n) is 10.0. The number of aryl methyl sites for hydroxylation is 3. The zero-order chi connectivity index (χ0) is 21.8. The predicted molar refractivity (Wildman–Crippen MR) is 124 cm³/mol. The van der Waals surface area contributed by atoms with E-state index in [1.54, 1.807) is 0 Å². The van der Waals surface area contributed by atoms with Crippen LogP contribution in [0.3, 0.4) is 0 Å². The smallest absolute Gasteiger partial charge is 0.233 e. The van der Waals surface area contributed by atoms with Gasteiger partial charge in [0, 0.05) is 24.5 Å². The Balaban J connectivity index is 0.000000207. The molecule has 5 heteroatoms. The molecular formula is C24H34NO3P. The van der Waals surface area contributed by atoms with E-state index in [9.17, 15) is 4.57 Å². The molecule has 3 rings (SSSR count). The fraction of sp³-hybridized carbons (Fsp3) is 0.417. The molecule has 0 aromatic heterocycles. The van der Waals surface area contributed by atoms with Crippen LogP contribution in [0.15, 0.2) is 36.4 Å². The molecular weight excluding hydrogens is 381 g/mol. The summed E-state index contributed by atoms with van der Waals surface area (Å²) in [6, 6.07) is 10.4. The van der Waals surface area contributed by atoms with Gasteiger partial charge in [0.15, 0.2) is 6.35 Å². The van der Waals surface area contributed by atoms with Crippen molar-refractivity contribution in [1.29, 1.82) is 0 Å². The average Bonchev–Trinajstić information content (AvgIpc) is 2.63. The second-order valence-electron chi connectivity index (χ2n) is 8.25. The molecule has 1 unspecified atom stereocenters. The minimum atomic E-state index is -3.10. The van der Waals surface area contributed by atoms with Gasteiger partial charge in [0.2, 0.25) is 7.37 Å². The highest BCUT2D eigenvalue weighted by Gasteiger charge is 2.14. The van der Waals surface area contributed by atoms with E-state index in [0.29, 0.717) is 11.7 Å². The monoisotopic (exact) mass is 415 g/mol. The summed E-state index contributed by atoms with van der Waals surface area (Å²) in [5.41, 5.74) is 8.96. The molecule has 1 aliphatic heterocycles. The van der Waals surface area contributed by atoms with Gasteiger partial charge in [0.25, 0.3) is 0 Å². The third-order valence-electron chi connectivity index (χ3n) is 5.09. The van der Waals surface area contributed by atoms with Gasteiger partial charge in [-0.05, 0) is 80.1 Å². The van der Waals surface area contributed by atoms with Gasteiger partial charge in [-0.1, -0.05) is 31.6 Å². The molecule has 0 amide bonds. The molecule has 1 heterocycles. The number of nitrogens with one attached hydrogen (secondary N) is 1. The number of rotatable bonds is 4. The first-order valence-corrected chi connectivity index (χ1v) is 12.3. The number of ether oxygens (including phenoxy) is 1. The van der Waals surface area contributed by atoms with E-state index in [1.807, 2.05) is 32.9 Å². The van der Waals surface area contributed by atoms with E-state index < -0.39 is 7.37 Å². The topological polar surface area (TPSA) is 58.6 Å². The van der Waals surface area contributed by atoms with Gasteiger partial charge in [0.05, 0.1) is 0 Å². The van der Waals surface area contributed by atoms with E-state index in [0.717, 1.165) is 17.7 Å². The minimum absolute atomic E-state index is 0.130. The van der Waals surface area contributed by atoms with Crippen molar-refractivity contribution in [3.8, 4) is 5.75 Å². The Morgan fingerprint density at radius 1 is 1.10 bits per heavy atom. The van der Waals surface area contributed by atoms with Crippen LogP contribution in [0.25, 0.3) is 5.57 Å². The summed E-state index contributed by atoms with van der Waals surface area (Å²) in [6.07, 6.45) is 2.17. The predicted octanol–water partition coefficient (Wildman–Crippen LogP) is 6.31. The zero-order valence-corrected chi connectivity index (χ0v) is 19.6. The summed E-state index contributed by atoms with van der Waals surface area (Å²) in [5, 5.41) is 3.40. The van der Waals surface area contributed by atoms with E-state index in [4.69, 9.17) is 9.63 Å². The molecule has 0 bridgehead atoms. The van der Waals surface area contributed by atoms with Crippen LogP contribution >= 0.6 is 7.37 Å². The maximum atomic E-state index is 11.1. The highest BCUT2D eigenvalue weighted by Crippen LogP contribution is 2.36. The summed E-state index contributed by atoms with van der Waals surface area (Å²) >= 11 is 0. The molecule has 158 valence electrons. The highest BCUT2D eigenvalue weighted by molar-refractivity contribution is 7.56. The van der Waals surface area contributed by atoms with Gasteiger partial charge in [-0.15, -0.1) is 0 Å². The van der Waals surface area contributed by atoms with Gasteiger partial charge in [-0.25, -0.2) is 0 Å². The van der Waals surface area contributed by atoms with Crippen molar-refractivity contribution < 1.29 is 14.2 Å².